The third-order valence-corrected chi connectivity index (χ3v) is 4.17. The molecule has 0 aromatic heterocycles. The molecule has 0 fully saturated rings. The highest BCUT2D eigenvalue weighted by Crippen LogP contribution is 2.22. The Morgan fingerprint density at radius 3 is 2.41 bits per heavy atom. The molecule has 2 amide bonds. The molecule has 6 nitrogen and oxygen atoms in total. The summed E-state index contributed by atoms with van der Waals surface area (Å²) in [6, 6.07) is 13.7. The maximum atomic E-state index is 12.4. The van der Waals surface area contributed by atoms with E-state index in [0.717, 1.165) is 5.56 Å². The summed E-state index contributed by atoms with van der Waals surface area (Å²) in [5.41, 5.74) is 1.33. The minimum absolute atomic E-state index is 0.214. The van der Waals surface area contributed by atoms with Gasteiger partial charge in [-0.2, -0.15) is 0 Å². The third kappa shape index (κ3) is 5.56. The molecule has 0 saturated heterocycles. The second-order valence-electron chi connectivity index (χ2n) is 5.71. The summed E-state index contributed by atoms with van der Waals surface area (Å²) in [6.07, 6.45) is 0. The number of esters is 1. The van der Waals surface area contributed by atoms with Crippen molar-refractivity contribution in [1.29, 1.82) is 0 Å². The van der Waals surface area contributed by atoms with Crippen molar-refractivity contribution in [2.45, 2.75) is 20.4 Å². The fourth-order valence-corrected chi connectivity index (χ4v) is 2.69. The van der Waals surface area contributed by atoms with Crippen LogP contribution in [0.5, 0.6) is 0 Å². The minimum atomic E-state index is -0.546. The molecule has 0 atom stereocenters. The third-order valence-electron chi connectivity index (χ3n) is 3.81. The molecule has 0 aliphatic heterocycles. The zero-order chi connectivity index (χ0) is 19.8. The quantitative estimate of drug-likeness (QED) is 0.739. The van der Waals surface area contributed by atoms with Crippen molar-refractivity contribution in [1.82, 2.24) is 5.32 Å². The predicted molar refractivity (Wildman–Crippen MR) is 104 cm³/mol. The summed E-state index contributed by atoms with van der Waals surface area (Å²) < 4.78 is 5.03. The summed E-state index contributed by atoms with van der Waals surface area (Å²) in [6.45, 7) is 3.26. The van der Waals surface area contributed by atoms with E-state index in [4.69, 9.17) is 16.3 Å². The second kappa shape index (κ2) is 9.73. The summed E-state index contributed by atoms with van der Waals surface area (Å²) in [4.78, 5) is 37.9. The number of halogens is 1. The summed E-state index contributed by atoms with van der Waals surface area (Å²) in [7, 11) is 0. The molecule has 0 saturated carbocycles. The molecule has 142 valence electrons. The second-order valence-corrected chi connectivity index (χ2v) is 6.12. The Labute approximate surface area is 163 Å². The van der Waals surface area contributed by atoms with Crippen molar-refractivity contribution < 1.29 is 19.1 Å². The van der Waals surface area contributed by atoms with Gasteiger partial charge in [-0.3, -0.25) is 9.59 Å². The fourth-order valence-electron chi connectivity index (χ4n) is 2.49. The van der Waals surface area contributed by atoms with Crippen molar-refractivity contribution in [2.24, 2.45) is 0 Å². The summed E-state index contributed by atoms with van der Waals surface area (Å²) in [5.74, 6) is -1.28. The average molecular weight is 389 g/mol. The average Bonchev–Trinajstić information content (AvgIpc) is 2.65. The molecule has 0 radical (unpaired) electrons. The van der Waals surface area contributed by atoms with Crippen molar-refractivity contribution in [2.75, 3.05) is 18.1 Å². The lowest BCUT2D eigenvalue weighted by molar-refractivity contribution is -0.123. The molecule has 0 spiro atoms. The van der Waals surface area contributed by atoms with Crippen LogP contribution in [-0.4, -0.2) is 30.9 Å². The first kappa shape index (κ1) is 20.5. The molecule has 1 N–H and O–H groups in total. The van der Waals surface area contributed by atoms with Crippen LogP contribution in [0.1, 0.15) is 29.8 Å². The van der Waals surface area contributed by atoms with Crippen LogP contribution >= 0.6 is 11.6 Å². The number of carbonyl (C=O) groups excluding carboxylic acids is 3. The zero-order valence-electron chi connectivity index (χ0n) is 15.2. The first-order valence-electron chi connectivity index (χ1n) is 8.48. The lowest BCUT2D eigenvalue weighted by atomic mass is 10.1. The maximum absolute atomic E-state index is 12.4. The number of nitrogens with zero attached hydrogens (tertiary/aromatic N) is 1. The van der Waals surface area contributed by atoms with Crippen LogP contribution in [0.3, 0.4) is 0 Å². The highest BCUT2D eigenvalue weighted by Gasteiger charge is 2.22. The van der Waals surface area contributed by atoms with E-state index in [1.165, 1.54) is 11.8 Å². The monoisotopic (exact) mass is 388 g/mol. The van der Waals surface area contributed by atoms with Gasteiger partial charge in [0, 0.05) is 18.5 Å². The number of ether oxygens (including phenoxy) is 1. The van der Waals surface area contributed by atoms with Gasteiger partial charge in [-0.1, -0.05) is 41.9 Å². The number of hydrogen-bond donors (Lipinski definition) is 1. The number of rotatable bonds is 7. The van der Waals surface area contributed by atoms with Gasteiger partial charge in [0.1, 0.15) is 6.54 Å². The van der Waals surface area contributed by atoms with Crippen molar-refractivity contribution >= 4 is 35.1 Å². The number of benzene rings is 2. The van der Waals surface area contributed by atoms with Crippen molar-refractivity contribution in [3.63, 3.8) is 0 Å². The molecule has 0 aliphatic carbocycles. The topological polar surface area (TPSA) is 75.7 Å². The van der Waals surface area contributed by atoms with E-state index in [9.17, 15) is 14.4 Å². The first-order valence-corrected chi connectivity index (χ1v) is 8.86. The molecule has 27 heavy (non-hydrogen) atoms. The van der Waals surface area contributed by atoms with E-state index < -0.39 is 5.97 Å². The Morgan fingerprint density at radius 1 is 1.07 bits per heavy atom. The van der Waals surface area contributed by atoms with Gasteiger partial charge in [-0.15, -0.1) is 0 Å². The SMILES string of the molecule is CCOC(=O)c1ccccc1N(CC(=O)NCc1ccccc1Cl)C(C)=O. The molecule has 7 heteroatoms. The van der Waals surface area contributed by atoms with E-state index in [-0.39, 0.29) is 37.1 Å². The first-order chi connectivity index (χ1) is 12.9. The summed E-state index contributed by atoms with van der Waals surface area (Å²) >= 11 is 6.08. The number of nitrogens with one attached hydrogen (secondary N) is 1. The highest BCUT2D eigenvalue weighted by molar-refractivity contribution is 6.31. The predicted octanol–water partition coefficient (Wildman–Crippen LogP) is 3.19. The minimum Gasteiger partial charge on any atom is -0.462 e. The van der Waals surface area contributed by atoms with Crippen LogP contribution in [0, 0.1) is 0 Å². The number of para-hydroxylation sites is 1. The van der Waals surface area contributed by atoms with E-state index in [1.807, 2.05) is 6.07 Å². The molecule has 2 aromatic carbocycles. The van der Waals surface area contributed by atoms with Gasteiger partial charge in [-0.05, 0) is 30.7 Å². The van der Waals surface area contributed by atoms with Gasteiger partial charge in [-0.25, -0.2) is 4.79 Å². The van der Waals surface area contributed by atoms with E-state index in [1.54, 1.807) is 49.4 Å². The number of hydrogen-bond acceptors (Lipinski definition) is 4. The van der Waals surface area contributed by atoms with Crippen LogP contribution in [0.4, 0.5) is 5.69 Å². The van der Waals surface area contributed by atoms with Gasteiger partial charge in [0.15, 0.2) is 0 Å². The largest absolute Gasteiger partial charge is 0.462 e. The Kier molecular flexibility index (Phi) is 7.37. The number of anilines is 1. The molecule has 0 aliphatic rings. The molecule has 0 heterocycles. The van der Waals surface area contributed by atoms with Crippen LogP contribution < -0.4 is 10.2 Å². The molecular formula is C20H21ClN2O4. The molecule has 2 rings (SSSR count). The Hall–Kier alpha value is -2.86. The van der Waals surface area contributed by atoms with Gasteiger partial charge >= 0.3 is 5.97 Å². The Morgan fingerprint density at radius 2 is 1.74 bits per heavy atom. The van der Waals surface area contributed by atoms with Crippen LogP contribution in [-0.2, 0) is 20.9 Å². The molecule has 0 unspecified atom stereocenters. The summed E-state index contributed by atoms with van der Waals surface area (Å²) in [5, 5.41) is 3.29. The van der Waals surface area contributed by atoms with E-state index >= 15 is 0 Å². The van der Waals surface area contributed by atoms with Crippen LogP contribution in [0.15, 0.2) is 48.5 Å². The lowest BCUT2D eigenvalue weighted by Gasteiger charge is -2.23. The van der Waals surface area contributed by atoms with Crippen molar-refractivity contribution in [3.8, 4) is 0 Å². The van der Waals surface area contributed by atoms with Crippen LogP contribution in [0.2, 0.25) is 5.02 Å². The Bertz CT molecular complexity index is 838. The van der Waals surface area contributed by atoms with Gasteiger partial charge in [0.25, 0.3) is 0 Å². The van der Waals surface area contributed by atoms with Gasteiger partial charge in [0.05, 0.1) is 17.9 Å². The highest BCUT2D eigenvalue weighted by atomic mass is 35.5. The molecule has 0 bridgehead atoms. The van der Waals surface area contributed by atoms with E-state index in [2.05, 4.69) is 5.32 Å². The normalized spacial score (nSPS) is 10.2. The smallest absolute Gasteiger partial charge is 0.340 e. The zero-order valence-corrected chi connectivity index (χ0v) is 16.0. The van der Waals surface area contributed by atoms with E-state index in [0.29, 0.717) is 10.7 Å². The molecule has 2 aromatic rings. The number of carbonyl (C=O) groups is 3. The maximum Gasteiger partial charge on any atom is 0.340 e. The fraction of sp³-hybridized carbons (Fsp3) is 0.250. The van der Waals surface area contributed by atoms with Crippen LogP contribution in [0.25, 0.3) is 0 Å². The number of amides is 2. The Balaban J connectivity index is 2.14. The lowest BCUT2D eigenvalue weighted by Crippen LogP contribution is -2.40. The van der Waals surface area contributed by atoms with Gasteiger partial charge < -0.3 is 15.0 Å². The van der Waals surface area contributed by atoms with Gasteiger partial charge in [0.2, 0.25) is 11.8 Å². The van der Waals surface area contributed by atoms with Crippen molar-refractivity contribution in [3.05, 3.63) is 64.7 Å². The molecular weight excluding hydrogens is 368 g/mol. The standard InChI is InChI=1S/C20H21ClN2O4/c1-3-27-20(26)16-9-5-7-11-18(16)23(14(2)24)13-19(25)22-12-15-8-4-6-10-17(15)21/h4-11H,3,12-13H2,1-2H3,(H,22,25).